The van der Waals surface area contributed by atoms with Gasteiger partial charge < -0.3 is 15.2 Å². The van der Waals surface area contributed by atoms with E-state index in [-0.39, 0.29) is 6.04 Å². The fourth-order valence-corrected chi connectivity index (χ4v) is 2.37. The standard InChI is InChI=1S/C17H21NO2/c1-11-6-5-7-13(8-11)17(18)14-10-16(20-4)15(19-3)9-12(14)2/h5-10,17H,18H2,1-4H3. The van der Waals surface area contributed by atoms with Gasteiger partial charge in [0.15, 0.2) is 11.5 Å². The Morgan fingerprint density at radius 2 is 1.60 bits per heavy atom. The van der Waals surface area contributed by atoms with Crippen molar-refractivity contribution in [2.45, 2.75) is 19.9 Å². The van der Waals surface area contributed by atoms with Gasteiger partial charge in [0.25, 0.3) is 0 Å². The van der Waals surface area contributed by atoms with Gasteiger partial charge >= 0.3 is 0 Å². The molecule has 0 saturated carbocycles. The second kappa shape index (κ2) is 5.97. The van der Waals surface area contributed by atoms with Crippen molar-refractivity contribution in [3.8, 4) is 11.5 Å². The molecule has 3 nitrogen and oxygen atoms in total. The molecule has 20 heavy (non-hydrogen) atoms. The van der Waals surface area contributed by atoms with E-state index < -0.39 is 0 Å². The van der Waals surface area contributed by atoms with Gasteiger partial charge in [-0.15, -0.1) is 0 Å². The Labute approximate surface area is 120 Å². The van der Waals surface area contributed by atoms with Crippen molar-refractivity contribution in [1.29, 1.82) is 0 Å². The van der Waals surface area contributed by atoms with Crippen molar-refractivity contribution >= 4 is 0 Å². The van der Waals surface area contributed by atoms with Crippen LogP contribution in [0.5, 0.6) is 11.5 Å². The van der Waals surface area contributed by atoms with Gasteiger partial charge in [-0.3, -0.25) is 0 Å². The Morgan fingerprint density at radius 3 is 2.20 bits per heavy atom. The summed E-state index contributed by atoms with van der Waals surface area (Å²) in [6.07, 6.45) is 0. The Kier molecular flexibility index (Phi) is 4.30. The van der Waals surface area contributed by atoms with Crippen LogP contribution in [0.3, 0.4) is 0 Å². The average Bonchev–Trinajstić information content (AvgIpc) is 2.46. The number of nitrogens with two attached hydrogens (primary N) is 1. The van der Waals surface area contributed by atoms with E-state index in [4.69, 9.17) is 15.2 Å². The van der Waals surface area contributed by atoms with Crippen molar-refractivity contribution in [2.75, 3.05) is 14.2 Å². The molecule has 0 fully saturated rings. The molecule has 0 aromatic heterocycles. The smallest absolute Gasteiger partial charge is 0.161 e. The van der Waals surface area contributed by atoms with E-state index >= 15 is 0 Å². The average molecular weight is 271 g/mol. The van der Waals surface area contributed by atoms with Crippen molar-refractivity contribution < 1.29 is 9.47 Å². The Bertz CT molecular complexity index is 608. The van der Waals surface area contributed by atoms with Gasteiger partial charge in [-0.25, -0.2) is 0 Å². The number of benzene rings is 2. The van der Waals surface area contributed by atoms with Crippen LogP contribution in [0.2, 0.25) is 0 Å². The quantitative estimate of drug-likeness (QED) is 0.927. The Morgan fingerprint density at radius 1 is 0.950 bits per heavy atom. The fourth-order valence-electron chi connectivity index (χ4n) is 2.37. The highest BCUT2D eigenvalue weighted by Crippen LogP contribution is 2.34. The van der Waals surface area contributed by atoms with Gasteiger partial charge in [0.1, 0.15) is 0 Å². The lowest BCUT2D eigenvalue weighted by Gasteiger charge is -2.18. The lowest BCUT2D eigenvalue weighted by Crippen LogP contribution is -2.13. The molecular weight excluding hydrogens is 250 g/mol. The van der Waals surface area contributed by atoms with Gasteiger partial charge in [0, 0.05) is 0 Å². The number of hydrogen-bond donors (Lipinski definition) is 1. The first-order valence-electron chi connectivity index (χ1n) is 6.61. The highest BCUT2D eigenvalue weighted by molar-refractivity contribution is 5.50. The van der Waals surface area contributed by atoms with Crippen LogP contribution in [0.4, 0.5) is 0 Å². The van der Waals surface area contributed by atoms with E-state index in [2.05, 4.69) is 19.1 Å². The molecule has 0 aliphatic heterocycles. The maximum absolute atomic E-state index is 6.40. The molecule has 106 valence electrons. The summed E-state index contributed by atoms with van der Waals surface area (Å²) in [6.45, 7) is 4.10. The minimum Gasteiger partial charge on any atom is -0.493 e. The van der Waals surface area contributed by atoms with Gasteiger partial charge in [0.2, 0.25) is 0 Å². The third-order valence-electron chi connectivity index (χ3n) is 3.51. The van der Waals surface area contributed by atoms with Crippen LogP contribution in [-0.2, 0) is 0 Å². The number of aryl methyl sites for hydroxylation is 2. The summed E-state index contributed by atoms with van der Waals surface area (Å²) in [5.74, 6) is 1.43. The molecule has 0 radical (unpaired) electrons. The second-order valence-corrected chi connectivity index (χ2v) is 4.96. The molecule has 0 bridgehead atoms. The molecule has 0 aliphatic rings. The van der Waals surface area contributed by atoms with Gasteiger partial charge in [-0.1, -0.05) is 29.8 Å². The van der Waals surface area contributed by atoms with Crippen LogP contribution in [0.15, 0.2) is 36.4 Å². The monoisotopic (exact) mass is 271 g/mol. The van der Waals surface area contributed by atoms with Crippen molar-refractivity contribution in [1.82, 2.24) is 0 Å². The number of hydrogen-bond acceptors (Lipinski definition) is 3. The summed E-state index contributed by atoms with van der Waals surface area (Å²) < 4.78 is 10.7. The zero-order valence-corrected chi connectivity index (χ0v) is 12.4. The molecule has 1 atom stereocenters. The van der Waals surface area contributed by atoms with E-state index in [0.717, 1.165) is 22.4 Å². The number of ether oxygens (including phenoxy) is 2. The van der Waals surface area contributed by atoms with Crippen molar-refractivity contribution in [3.05, 3.63) is 58.7 Å². The molecule has 0 heterocycles. The summed E-state index contributed by atoms with van der Waals surface area (Å²) in [7, 11) is 3.27. The summed E-state index contributed by atoms with van der Waals surface area (Å²) in [4.78, 5) is 0. The van der Waals surface area contributed by atoms with Gasteiger partial charge in [0.05, 0.1) is 20.3 Å². The SMILES string of the molecule is COc1cc(C)c(C(N)c2cccc(C)c2)cc1OC. The fraction of sp³-hybridized carbons (Fsp3) is 0.294. The number of methoxy groups -OCH3 is 2. The Hall–Kier alpha value is -2.00. The lowest BCUT2D eigenvalue weighted by atomic mass is 9.94. The minimum atomic E-state index is -0.172. The first-order chi connectivity index (χ1) is 9.56. The Balaban J connectivity index is 2.46. The lowest BCUT2D eigenvalue weighted by molar-refractivity contribution is 0.354. The van der Waals surface area contributed by atoms with Crippen molar-refractivity contribution in [2.24, 2.45) is 5.73 Å². The summed E-state index contributed by atoms with van der Waals surface area (Å²) in [6, 6.07) is 12.0. The van der Waals surface area contributed by atoms with Crippen LogP contribution in [0, 0.1) is 13.8 Å². The number of rotatable bonds is 4. The molecule has 2 aromatic carbocycles. The molecule has 2 N–H and O–H groups in total. The highest BCUT2D eigenvalue weighted by Gasteiger charge is 2.15. The van der Waals surface area contributed by atoms with E-state index in [9.17, 15) is 0 Å². The summed E-state index contributed by atoms with van der Waals surface area (Å²) in [5, 5.41) is 0. The topological polar surface area (TPSA) is 44.5 Å². The normalized spacial score (nSPS) is 12.1. The maximum Gasteiger partial charge on any atom is 0.161 e. The second-order valence-electron chi connectivity index (χ2n) is 4.96. The van der Waals surface area contributed by atoms with E-state index in [1.807, 2.05) is 31.2 Å². The molecular formula is C17H21NO2. The molecule has 0 spiro atoms. The highest BCUT2D eigenvalue weighted by atomic mass is 16.5. The third-order valence-corrected chi connectivity index (χ3v) is 3.51. The molecule has 3 heteroatoms. The molecule has 0 aliphatic carbocycles. The van der Waals surface area contributed by atoms with E-state index in [1.165, 1.54) is 5.56 Å². The van der Waals surface area contributed by atoms with Gasteiger partial charge in [-0.2, -0.15) is 0 Å². The zero-order chi connectivity index (χ0) is 14.7. The first-order valence-corrected chi connectivity index (χ1v) is 6.61. The molecule has 2 aromatic rings. The summed E-state index contributed by atoms with van der Waals surface area (Å²) in [5.41, 5.74) is 10.9. The molecule has 2 rings (SSSR count). The zero-order valence-electron chi connectivity index (χ0n) is 12.4. The minimum absolute atomic E-state index is 0.172. The van der Waals surface area contributed by atoms with Crippen LogP contribution >= 0.6 is 0 Å². The molecule has 1 unspecified atom stereocenters. The molecule has 0 amide bonds. The maximum atomic E-state index is 6.40. The van der Waals surface area contributed by atoms with Crippen LogP contribution in [0.25, 0.3) is 0 Å². The van der Waals surface area contributed by atoms with E-state index in [0.29, 0.717) is 5.75 Å². The van der Waals surface area contributed by atoms with Crippen LogP contribution < -0.4 is 15.2 Å². The van der Waals surface area contributed by atoms with E-state index in [1.54, 1.807) is 14.2 Å². The predicted molar refractivity (Wildman–Crippen MR) is 81.5 cm³/mol. The first kappa shape index (κ1) is 14.4. The third kappa shape index (κ3) is 2.78. The molecule has 0 saturated heterocycles. The van der Waals surface area contributed by atoms with Gasteiger partial charge in [-0.05, 0) is 42.7 Å². The van der Waals surface area contributed by atoms with Crippen molar-refractivity contribution in [3.63, 3.8) is 0 Å². The summed E-state index contributed by atoms with van der Waals surface area (Å²) >= 11 is 0. The largest absolute Gasteiger partial charge is 0.493 e. The van der Waals surface area contributed by atoms with Crippen LogP contribution in [-0.4, -0.2) is 14.2 Å². The predicted octanol–water partition coefficient (Wildman–Crippen LogP) is 3.37. The van der Waals surface area contributed by atoms with Crippen LogP contribution in [0.1, 0.15) is 28.3 Å².